The molecule has 0 saturated carbocycles. The molecule has 0 saturated heterocycles. The predicted molar refractivity (Wildman–Crippen MR) is 70.7 cm³/mol. The third-order valence-corrected chi connectivity index (χ3v) is 3.52. The molecule has 1 aromatic heterocycles. The Bertz CT molecular complexity index is 553. The second kappa shape index (κ2) is 4.34. The summed E-state index contributed by atoms with van der Waals surface area (Å²) in [5.41, 5.74) is 12.9. The standard InChI is InChI=1S/C14H19N3/c1-9-5-6-13(11(3)10(9)2)14-7-12(8-15)17(4)16-14/h5-7H,8,15H2,1-4H3. The highest BCUT2D eigenvalue weighted by molar-refractivity contribution is 5.66. The molecule has 2 N–H and O–H groups in total. The molecule has 2 rings (SSSR count). The van der Waals surface area contributed by atoms with Crippen molar-refractivity contribution in [2.24, 2.45) is 12.8 Å². The molecule has 1 heterocycles. The number of hydrogen-bond donors (Lipinski definition) is 1. The number of benzene rings is 1. The third kappa shape index (κ3) is 1.98. The predicted octanol–water partition coefficient (Wildman–Crippen LogP) is 2.47. The molecule has 0 amide bonds. The molecule has 0 spiro atoms. The molecule has 0 unspecified atom stereocenters. The summed E-state index contributed by atoms with van der Waals surface area (Å²) in [4.78, 5) is 0. The molecule has 0 fully saturated rings. The molecular formula is C14H19N3. The Morgan fingerprint density at radius 1 is 1.18 bits per heavy atom. The summed E-state index contributed by atoms with van der Waals surface area (Å²) in [7, 11) is 1.93. The van der Waals surface area contributed by atoms with Gasteiger partial charge in [-0.25, -0.2) is 0 Å². The van der Waals surface area contributed by atoms with Crippen molar-refractivity contribution in [1.29, 1.82) is 0 Å². The van der Waals surface area contributed by atoms with Gasteiger partial charge in [-0.3, -0.25) is 4.68 Å². The zero-order valence-electron chi connectivity index (χ0n) is 10.9. The highest BCUT2D eigenvalue weighted by atomic mass is 15.3. The number of aromatic nitrogens is 2. The monoisotopic (exact) mass is 229 g/mol. The van der Waals surface area contributed by atoms with E-state index in [1.165, 1.54) is 22.3 Å². The minimum atomic E-state index is 0.521. The first-order valence-electron chi connectivity index (χ1n) is 5.84. The number of hydrogen-bond acceptors (Lipinski definition) is 2. The summed E-state index contributed by atoms with van der Waals surface area (Å²) in [6.45, 7) is 6.96. The van der Waals surface area contributed by atoms with Gasteiger partial charge >= 0.3 is 0 Å². The molecule has 0 bridgehead atoms. The Morgan fingerprint density at radius 3 is 2.47 bits per heavy atom. The van der Waals surface area contributed by atoms with E-state index in [0.29, 0.717) is 6.54 Å². The van der Waals surface area contributed by atoms with Crippen molar-refractivity contribution in [3.05, 3.63) is 40.6 Å². The van der Waals surface area contributed by atoms with Gasteiger partial charge in [0.25, 0.3) is 0 Å². The molecule has 0 aliphatic heterocycles. The maximum Gasteiger partial charge on any atom is 0.0929 e. The van der Waals surface area contributed by atoms with Crippen molar-refractivity contribution in [2.75, 3.05) is 0 Å². The van der Waals surface area contributed by atoms with Crippen molar-refractivity contribution in [1.82, 2.24) is 9.78 Å². The molecule has 0 atom stereocenters. The van der Waals surface area contributed by atoms with E-state index in [4.69, 9.17) is 5.73 Å². The van der Waals surface area contributed by atoms with Crippen molar-refractivity contribution in [3.8, 4) is 11.3 Å². The summed E-state index contributed by atoms with van der Waals surface area (Å²) in [6, 6.07) is 6.35. The largest absolute Gasteiger partial charge is 0.325 e. The number of nitrogens with two attached hydrogens (primary N) is 1. The van der Waals surface area contributed by atoms with Crippen LogP contribution in [0.5, 0.6) is 0 Å². The summed E-state index contributed by atoms with van der Waals surface area (Å²) >= 11 is 0. The van der Waals surface area contributed by atoms with Crippen LogP contribution in [0.15, 0.2) is 18.2 Å². The van der Waals surface area contributed by atoms with Gasteiger partial charge in [-0.1, -0.05) is 12.1 Å². The van der Waals surface area contributed by atoms with Gasteiger partial charge in [0, 0.05) is 19.2 Å². The quantitative estimate of drug-likeness (QED) is 0.859. The van der Waals surface area contributed by atoms with Crippen molar-refractivity contribution in [3.63, 3.8) is 0 Å². The van der Waals surface area contributed by atoms with Crippen LogP contribution < -0.4 is 5.73 Å². The Hall–Kier alpha value is -1.61. The van der Waals surface area contributed by atoms with Gasteiger partial charge < -0.3 is 5.73 Å². The van der Waals surface area contributed by atoms with Crippen molar-refractivity contribution >= 4 is 0 Å². The fourth-order valence-corrected chi connectivity index (χ4v) is 2.06. The number of rotatable bonds is 2. The van der Waals surface area contributed by atoms with E-state index in [2.05, 4.69) is 44.1 Å². The second-order valence-electron chi connectivity index (χ2n) is 4.53. The lowest BCUT2D eigenvalue weighted by molar-refractivity contribution is 0.714. The highest BCUT2D eigenvalue weighted by Gasteiger charge is 2.10. The van der Waals surface area contributed by atoms with E-state index in [0.717, 1.165) is 11.4 Å². The van der Waals surface area contributed by atoms with Gasteiger partial charge in [0.1, 0.15) is 0 Å². The van der Waals surface area contributed by atoms with Crippen LogP contribution in [-0.2, 0) is 13.6 Å². The Morgan fingerprint density at radius 2 is 1.88 bits per heavy atom. The van der Waals surface area contributed by atoms with Gasteiger partial charge in [0.15, 0.2) is 0 Å². The number of nitrogens with zero attached hydrogens (tertiary/aromatic N) is 2. The van der Waals surface area contributed by atoms with Crippen LogP contribution >= 0.6 is 0 Å². The molecule has 1 aromatic carbocycles. The average molecular weight is 229 g/mol. The highest BCUT2D eigenvalue weighted by Crippen LogP contribution is 2.26. The van der Waals surface area contributed by atoms with E-state index < -0.39 is 0 Å². The first-order valence-corrected chi connectivity index (χ1v) is 5.84. The Balaban J connectivity index is 2.57. The third-order valence-electron chi connectivity index (χ3n) is 3.52. The van der Waals surface area contributed by atoms with E-state index in [1.807, 2.05) is 11.7 Å². The molecule has 0 radical (unpaired) electrons. The topological polar surface area (TPSA) is 43.8 Å². The zero-order chi connectivity index (χ0) is 12.6. The molecule has 3 heteroatoms. The smallest absolute Gasteiger partial charge is 0.0929 e. The van der Waals surface area contributed by atoms with Crippen LogP contribution in [-0.4, -0.2) is 9.78 Å². The van der Waals surface area contributed by atoms with Crippen LogP contribution in [0.4, 0.5) is 0 Å². The van der Waals surface area contributed by atoms with Gasteiger partial charge in [0.05, 0.1) is 11.4 Å². The lowest BCUT2D eigenvalue weighted by Gasteiger charge is -2.08. The van der Waals surface area contributed by atoms with E-state index in [9.17, 15) is 0 Å². The molecular weight excluding hydrogens is 210 g/mol. The van der Waals surface area contributed by atoms with Gasteiger partial charge in [0.2, 0.25) is 0 Å². The maximum atomic E-state index is 5.67. The number of aryl methyl sites for hydroxylation is 2. The van der Waals surface area contributed by atoms with E-state index >= 15 is 0 Å². The summed E-state index contributed by atoms with van der Waals surface area (Å²) < 4.78 is 1.85. The minimum absolute atomic E-state index is 0.521. The Labute approximate surface area is 102 Å². The summed E-state index contributed by atoms with van der Waals surface area (Å²) in [5.74, 6) is 0. The fraction of sp³-hybridized carbons (Fsp3) is 0.357. The normalized spacial score (nSPS) is 10.9. The zero-order valence-corrected chi connectivity index (χ0v) is 10.9. The molecule has 90 valence electrons. The second-order valence-corrected chi connectivity index (χ2v) is 4.53. The molecule has 0 aliphatic rings. The van der Waals surface area contributed by atoms with Crippen molar-refractivity contribution in [2.45, 2.75) is 27.3 Å². The van der Waals surface area contributed by atoms with Gasteiger partial charge in [-0.15, -0.1) is 0 Å². The van der Waals surface area contributed by atoms with Crippen LogP contribution in [0.3, 0.4) is 0 Å². The minimum Gasteiger partial charge on any atom is -0.325 e. The van der Waals surface area contributed by atoms with Crippen LogP contribution in [0.25, 0.3) is 11.3 Å². The van der Waals surface area contributed by atoms with Crippen molar-refractivity contribution < 1.29 is 0 Å². The summed E-state index contributed by atoms with van der Waals surface area (Å²) in [6.07, 6.45) is 0. The van der Waals surface area contributed by atoms with Gasteiger partial charge in [-0.2, -0.15) is 5.10 Å². The van der Waals surface area contributed by atoms with E-state index in [-0.39, 0.29) is 0 Å². The fourth-order valence-electron chi connectivity index (χ4n) is 2.06. The van der Waals surface area contributed by atoms with Crippen LogP contribution in [0.1, 0.15) is 22.4 Å². The molecule has 3 nitrogen and oxygen atoms in total. The first-order chi connectivity index (χ1) is 8.04. The maximum absolute atomic E-state index is 5.67. The van der Waals surface area contributed by atoms with E-state index in [1.54, 1.807) is 0 Å². The lowest BCUT2D eigenvalue weighted by Crippen LogP contribution is -2.03. The molecule has 2 aromatic rings. The van der Waals surface area contributed by atoms with Crippen LogP contribution in [0.2, 0.25) is 0 Å². The first kappa shape index (κ1) is 11.9. The lowest BCUT2D eigenvalue weighted by atomic mass is 9.97. The van der Waals surface area contributed by atoms with Gasteiger partial charge in [-0.05, 0) is 43.5 Å². The average Bonchev–Trinajstić information content (AvgIpc) is 2.67. The summed E-state index contributed by atoms with van der Waals surface area (Å²) in [5, 5.41) is 4.52. The van der Waals surface area contributed by atoms with Crippen LogP contribution in [0, 0.1) is 20.8 Å². The SMILES string of the molecule is Cc1ccc(-c2cc(CN)n(C)n2)c(C)c1C. The molecule has 17 heavy (non-hydrogen) atoms. The molecule has 0 aliphatic carbocycles. The Kier molecular flexibility index (Phi) is 3.03.